The van der Waals surface area contributed by atoms with Crippen molar-refractivity contribution >= 4 is 36.6 Å². The molecule has 6 heteroatoms. The minimum Gasteiger partial charge on any atom is -0.369 e. The zero-order valence-electron chi connectivity index (χ0n) is 8.27. The van der Waals surface area contributed by atoms with Crippen molar-refractivity contribution in [2.45, 2.75) is 12.8 Å². The van der Waals surface area contributed by atoms with Crippen LogP contribution in [-0.4, -0.2) is 11.8 Å². The van der Waals surface area contributed by atoms with Gasteiger partial charge >= 0.3 is 0 Å². The summed E-state index contributed by atoms with van der Waals surface area (Å²) in [5, 5.41) is 0. The van der Waals surface area contributed by atoms with Crippen LogP contribution in [0.25, 0.3) is 0 Å². The summed E-state index contributed by atoms with van der Waals surface area (Å²) >= 11 is 0. The quantitative estimate of drug-likeness (QED) is 0.546. The van der Waals surface area contributed by atoms with Crippen LogP contribution in [0.15, 0.2) is 25.3 Å². The molecule has 0 rings (SSSR count). The summed E-state index contributed by atoms with van der Waals surface area (Å²) in [6, 6.07) is 0. The van der Waals surface area contributed by atoms with Crippen LogP contribution >= 0.6 is 24.8 Å². The summed E-state index contributed by atoms with van der Waals surface area (Å²) in [7, 11) is 0. The first-order valence-corrected chi connectivity index (χ1v) is 3.83. The third-order valence-electron chi connectivity index (χ3n) is 1.93. The maximum atomic E-state index is 11.1. The van der Waals surface area contributed by atoms with E-state index in [4.69, 9.17) is 11.5 Å². The highest BCUT2D eigenvalue weighted by molar-refractivity contribution is 6.04. The molecule has 0 unspecified atom stereocenters. The molecule has 0 aliphatic carbocycles. The maximum Gasteiger partial charge on any atom is 0.233 e. The Balaban J connectivity index is -0.000000720. The largest absolute Gasteiger partial charge is 0.369 e. The lowest BCUT2D eigenvalue weighted by atomic mass is 9.79. The SMILES string of the molecule is C=CCC(CC=C)(C(N)=O)C(N)=O.Cl.Cl. The van der Waals surface area contributed by atoms with Gasteiger partial charge in [0.15, 0.2) is 0 Å². The summed E-state index contributed by atoms with van der Waals surface area (Å²) in [6.07, 6.45) is 3.17. The van der Waals surface area contributed by atoms with Crippen LogP contribution in [-0.2, 0) is 9.59 Å². The molecular formula is C9H16Cl2N2O2. The number of amides is 2. The smallest absolute Gasteiger partial charge is 0.233 e. The van der Waals surface area contributed by atoms with Gasteiger partial charge in [-0.05, 0) is 12.8 Å². The van der Waals surface area contributed by atoms with Gasteiger partial charge in [-0.25, -0.2) is 0 Å². The standard InChI is InChI=1S/C9H14N2O2.2ClH/c1-3-5-9(6-4-2,7(10)12)8(11)13;;/h3-4H,1-2,5-6H2,(H2,10,12)(H2,11,13);2*1H. The molecule has 0 aliphatic rings. The van der Waals surface area contributed by atoms with Gasteiger partial charge in [0.1, 0.15) is 5.41 Å². The highest BCUT2D eigenvalue weighted by Crippen LogP contribution is 2.26. The Kier molecular flexibility index (Phi) is 10.8. The van der Waals surface area contributed by atoms with Crippen LogP contribution < -0.4 is 11.5 Å². The molecule has 0 atom stereocenters. The first kappa shape index (κ1) is 19.6. The molecule has 0 fully saturated rings. The fourth-order valence-corrected chi connectivity index (χ4v) is 1.10. The van der Waals surface area contributed by atoms with Gasteiger partial charge in [-0.1, -0.05) is 12.2 Å². The van der Waals surface area contributed by atoms with Crippen LogP contribution in [0.5, 0.6) is 0 Å². The number of carbonyl (C=O) groups excluding carboxylic acids is 2. The molecule has 4 N–H and O–H groups in total. The monoisotopic (exact) mass is 254 g/mol. The van der Waals surface area contributed by atoms with Crippen LogP contribution in [0.2, 0.25) is 0 Å². The van der Waals surface area contributed by atoms with E-state index in [2.05, 4.69) is 13.2 Å². The lowest BCUT2D eigenvalue weighted by molar-refractivity contribution is -0.139. The van der Waals surface area contributed by atoms with E-state index in [1.807, 2.05) is 0 Å². The van der Waals surface area contributed by atoms with Crippen molar-refractivity contribution in [2.75, 3.05) is 0 Å². The fraction of sp³-hybridized carbons (Fsp3) is 0.333. The number of hydrogen-bond acceptors (Lipinski definition) is 2. The van der Waals surface area contributed by atoms with Gasteiger partial charge in [0.05, 0.1) is 0 Å². The van der Waals surface area contributed by atoms with Crippen molar-refractivity contribution in [3.05, 3.63) is 25.3 Å². The van der Waals surface area contributed by atoms with Gasteiger partial charge in [0.2, 0.25) is 11.8 Å². The molecule has 2 amide bonds. The van der Waals surface area contributed by atoms with Crippen molar-refractivity contribution in [3.63, 3.8) is 0 Å². The normalized spacial score (nSPS) is 9.07. The molecule has 15 heavy (non-hydrogen) atoms. The van der Waals surface area contributed by atoms with Gasteiger partial charge in [-0.2, -0.15) is 0 Å². The Morgan fingerprint density at radius 1 is 1.00 bits per heavy atom. The molecular weight excluding hydrogens is 239 g/mol. The lowest BCUT2D eigenvalue weighted by Crippen LogP contribution is -2.47. The number of rotatable bonds is 6. The Labute approximate surface area is 102 Å². The third kappa shape index (κ3) is 4.36. The summed E-state index contributed by atoms with van der Waals surface area (Å²) in [5.74, 6) is -1.47. The minimum atomic E-state index is -1.36. The van der Waals surface area contributed by atoms with Gasteiger partial charge in [0.25, 0.3) is 0 Å². The van der Waals surface area contributed by atoms with E-state index in [1.165, 1.54) is 12.2 Å². The number of allylic oxidation sites excluding steroid dienone is 2. The summed E-state index contributed by atoms with van der Waals surface area (Å²) in [6.45, 7) is 6.89. The van der Waals surface area contributed by atoms with Crippen LogP contribution in [0, 0.1) is 5.41 Å². The second-order valence-corrected chi connectivity index (χ2v) is 2.80. The second kappa shape index (κ2) is 8.32. The van der Waals surface area contributed by atoms with E-state index in [1.54, 1.807) is 0 Å². The Hall–Kier alpha value is -1.00. The Morgan fingerprint density at radius 2 is 1.27 bits per heavy atom. The fourth-order valence-electron chi connectivity index (χ4n) is 1.10. The lowest BCUT2D eigenvalue weighted by Gasteiger charge is -2.23. The molecule has 0 saturated carbocycles. The second-order valence-electron chi connectivity index (χ2n) is 2.80. The maximum absolute atomic E-state index is 11.1. The number of hydrogen-bond donors (Lipinski definition) is 2. The van der Waals surface area contributed by atoms with Gasteiger partial charge in [-0.15, -0.1) is 38.0 Å². The molecule has 0 saturated heterocycles. The van der Waals surface area contributed by atoms with Crippen LogP contribution in [0.3, 0.4) is 0 Å². The van der Waals surface area contributed by atoms with Crippen molar-refractivity contribution in [3.8, 4) is 0 Å². The van der Waals surface area contributed by atoms with Crippen molar-refractivity contribution in [1.82, 2.24) is 0 Å². The van der Waals surface area contributed by atoms with E-state index < -0.39 is 17.2 Å². The van der Waals surface area contributed by atoms with Gasteiger partial charge in [-0.3, -0.25) is 9.59 Å². The highest BCUT2D eigenvalue weighted by atomic mass is 35.5. The summed E-state index contributed by atoms with van der Waals surface area (Å²) in [5.41, 5.74) is 8.86. The average Bonchev–Trinajstić information content (AvgIpc) is 2.03. The highest BCUT2D eigenvalue weighted by Gasteiger charge is 2.40. The van der Waals surface area contributed by atoms with Gasteiger partial charge in [0, 0.05) is 0 Å². The molecule has 0 aromatic carbocycles. The number of nitrogens with two attached hydrogens (primary N) is 2. The van der Waals surface area contributed by atoms with Crippen molar-refractivity contribution in [1.29, 1.82) is 0 Å². The predicted molar refractivity (Wildman–Crippen MR) is 64.9 cm³/mol. The van der Waals surface area contributed by atoms with Crippen molar-refractivity contribution in [2.24, 2.45) is 16.9 Å². The van der Waals surface area contributed by atoms with Gasteiger partial charge < -0.3 is 11.5 Å². The average molecular weight is 255 g/mol. The summed E-state index contributed by atoms with van der Waals surface area (Å²) < 4.78 is 0. The minimum absolute atomic E-state index is 0. The molecule has 4 nitrogen and oxygen atoms in total. The molecule has 88 valence electrons. The molecule has 0 aromatic rings. The number of halogens is 2. The first-order valence-electron chi connectivity index (χ1n) is 3.83. The zero-order valence-corrected chi connectivity index (χ0v) is 9.90. The molecule has 0 aliphatic heterocycles. The molecule has 0 aromatic heterocycles. The topological polar surface area (TPSA) is 86.2 Å². The molecule has 0 radical (unpaired) electrons. The molecule has 0 spiro atoms. The van der Waals surface area contributed by atoms with E-state index in [0.29, 0.717) is 0 Å². The van der Waals surface area contributed by atoms with E-state index in [9.17, 15) is 9.59 Å². The number of carbonyl (C=O) groups is 2. The van der Waals surface area contributed by atoms with Crippen LogP contribution in [0.4, 0.5) is 0 Å². The van der Waals surface area contributed by atoms with E-state index in [0.717, 1.165) is 0 Å². The molecule has 0 heterocycles. The zero-order chi connectivity index (χ0) is 10.5. The summed E-state index contributed by atoms with van der Waals surface area (Å²) in [4.78, 5) is 22.1. The third-order valence-corrected chi connectivity index (χ3v) is 1.93. The van der Waals surface area contributed by atoms with Crippen molar-refractivity contribution < 1.29 is 9.59 Å². The Morgan fingerprint density at radius 3 is 1.40 bits per heavy atom. The number of primary amides is 2. The van der Waals surface area contributed by atoms with Crippen LogP contribution in [0.1, 0.15) is 12.8 Å². The Bertz CT molecular complexity index is 228. The van der Waals surface area contributed by atoms with E-state index >= 15 is 0 Å². The molecule has 0 bridgehead atoms. The van der Waals surface area contributed by atoms with E-state index in [-0.39, 0.29) is 37.7 Å². The first-order chi connectivity index (χ1) is 6.01. The predicted octanol–water partition coefficient (Wildman–Crippen LogP) is 0.939.